The van der Waals surface area contributed by atoms with Gasteiger partial charge in [-0.15, -0.1) is 0 Å². The van der Waals surface area contributed by atoms with E-state index in [1.54, 1.807) is 19.9 Å². The third-order valence-corrected chi connectivity index (χ3v) is 2.28. The Kier molecular flexibility index (Phi) is 2.79. The highest BCUT2D eigenvalue weighted by molar-refractivity contribution is 5.96. The number of phenolic OH excluding ortho intramolecular Hbond substituents is 1. The molecule has 0 aliphatic heterocycles. The molecule has 3 nitrogen and oxygen atoms in total. The molecule has 0 bridgehead atoms. The maximum Gasteiger partial charge on any atom is 0.164 e. The van der Waals surface area contributed by atoms with E-state index in [2.05, 4.69) is 0 Å². The van der Waals surface area contributed by atoms with Crippen LogP contribution in [0.2, 0.25) is 0 Å². The van der Waals surface area contributed by atoms with Gasteiger partial charge in [0.25, 0.3) is 0 Å². The van der Waals surface area contributed by atoms with E-state index in [4.69, 9.17) is 4.74 Å². The number of carbonyl (C=O) groups is 1. The fourth-order valence-corrected chi connectivity index (χ4v) is 1.49. The highest BCUT2D eigenvalue weighted by Crippen LogP contribution is 2.35. The van der Waals surface area contributed by atoms with Crippen molar-refractivity contribution in [3.05, 3.63) is 22.8 Å². The molecule has 0 aliphatic rings. The molecule has 1 aromatic rings. The minimum atomic E-state index is -0.0242. The van der Waals surface area contributed by atoms with Crippen molar-refractivity contribution in [1.29, 1.82) is 0 Å². The Morgan fingerprint density at radius 1 is 1.43 bits per heavy atom. The fourth-order valence-electron chi connectivity index (χ4n) is 1.49. The predicted molar refractivity (Wildman–Crippen MR) is 54.1 cm³/mol. The molecule has 0 radical (unpaired) electrons. The monoisotopic (exact) mass is 194 g/mol. The summed E-state index contributed by atoms with van der Waals surface area (Å²) in [6, 6.07) is 1.68. The fraction of sp³-hybridized carbons (Fsp3) is 0.364. The highest BCUT2D eigenvalue weighted by Gasteiger charge is 2.15. The zero-order chi connectivity index (χ0) is 10.9. The van der Waals surface area contributed by atoms with Gasteiger partial charge in [-0.1, -0.05) is 0 Å². The van der Waals surface area contributed by atoms with Crippen molar-refractivity contribution in [2.45, 2.75) is 20.8 Å². The second kappa shape index (κ2) is 3.70. The number of methoxy groups -OCH3 is 1. The predicted octanol–water partition coefficient (Wildman–Crippen LogP) is 2.22. The molecule has 0 aliphatic carbocycles. The number of Topliss-reactive ketones (excluding diaryl/α,β-unsaturated/α-hetero) is 1. The summed E-state index contributed by atoms with van der Waals surface area (Å²) in [5, 5.41) is 9.65. The lowest BCUT2D eigenvalue weighted by molar-refractivity contribution is 0.101. The van der Waals surface area contributed by atoms with Gasteiger partial charge in [0.05, 0.1) is 7.11 Å². The van der Waals surface area contributed by atoms with Crippen molar-refractivity contribution < 1.29 is 14.6 Å². The van der Waals surface area contributed by atoms with Crippen LogP contribution >= 0.6 is 0 Å². The van der Waals surface area contributed by atoms with E-state index >= 15 is 0 Å². The Labute approximate surface area is 83.3 Å². The van der Waals surface area contributed by atoms with E-state index < -0.39 is 0 Å². The average molecular weight is 194 g/mol. The van der Waals surface area contributed by atoms with Crippen molar-refractivity contribution >= 4 is 5.78 Å². The zero-order valence-electron chi connectivity index (χ0n) is 8.84. The van der Waals surface area contributed by atoms with E-state index in [-0.39, 0.29) is 11.5 Å². The van der Waals surface area contributed by atoms with Crippen LogP contribution in [0.15, 0.2) is 6.07 Å². The third-order valence-electron chi connectivity index (χ3n) is 2.28. The number of ketones is 1. The molecule has 0 saturated carbocycles. The second-order valence-electron chi connectivity index (χ2n) is 3.30. The summed E-state index contributed by atoms with van der Waals surface area (Å²) in [5.41, 5.74) is 1.93. The summed E-state index contributed by atoms with van der Waals surface area (Å²) in [5.74, 6) is 0.467. The number of ether oxygens (including phenoxy) is 1. The molecular formula is C11H14O3. The van der Waals surface area contributed by atoms with Gasteiger partial charge < -0.3 is 9.84 Å². The molecule has 0 saturated heterocycles. The molecule has 0 heterocycles. The summed E-state index contributed by atoms with van der Waals surface area (Å²) < 4.78 is 5.05. The summed E-state index contributed by atoms with van der Waals surface area (Å²) in [6.45, 7) is 5.00. The highest BCUT2D eigenvalue weighted by atomic mass is 16.5. The Bertz CT molecular complexity index is 381. The number of hydrogen-bond donors (Lipinski definition) is 1. The largest absolute Gasteiger partial charge is 0.504 e. The Balaban J connectivity index is 3.50. The average Bonchev–Trinajstić information content (AvgIpc) is 2.12. The van der Waals surface area contributed by atoms with Gasteiger partial charge in [0.15, 0.2) is 17.3 Å². The Hall–Kier alpha value is -1.51. The smallest absolute Gasteiger partial charge is 0.164 e. The molecule has 0 unspecified atom stereocenters. The first-order valence-electron chi connectivity index (χ1n) is 4.37. The second-order valence-corrected chi connectivity index (χ2v) is 3.30. The van der Waals surface area contributed by atoms with E-state index in [0.717, 1.165) is 0 Å². The summed E-state index contributed by atoms with van der Waals surface area (Å²) in [6.07, 6.45) is 0. The minimum Gasteiger partial charge on any atom is -0.504 e. The molecular weight excluding hydrogens is 180 g/mol. The van der Waals surface area contributed by atoms with Crippen molar-refractivity contribution in [2.24, 2.45) is 0 Å². The molecule has 3 heteroatoms. The van der Waals surface area contributed by atoms with Crippen LogP contribution in [-0.4, -0.2) is 18.0 Å². The van der Waals surface area contributed by atoms with Crippen LogP contribution in [0.25, 0.3) is 0 Å². The van der Waals surface area contributed by atoms with Gasteiger partial charge in [0.1, 0.15) is 0 Å². The Morgan fingerprint density at radius 3 is 2.43 bits per heavy atom. The molecule has 0 aromatic heterocycles. The lowest BCUT2D eigenvalue weighted by Gasteiger charge is -2.12. The number of aromatic hydroxyl groups is 1. The van der Waals surface area contributed by atoms with Crippen molar-refractivity contribution in [3.8, 4) is 11.5 Å². The van der Waals surface area contributed by atoms with Crippen molar-refractivity contribution in [2.75, 3.05) is 7.11 Å². The third kappa shape index (κ3) is 1.58. The number of rotatable bonds is 2. The quantitative estimate of drug-likeness (QED) is 0.734. The van der Waals surface area contributed by atoms with Crippen molar-refractivity contribution in [3.63, 3.8) is 0 Å². The number of aryl methyl sites for hydroxylation is 1. The standard InChI is InChI=1S/C11H14O3/c1-6-5-9(8(3)12)7(2)11(14-4)10(6)13/h5,13H,1-4H3. The molecule has 14 heavy (non-hydrogen) atoms. The van der Waals surface area contributed by atoms with Gasteiger partial charge in [-0.2, -0.15) is 0 Å². The molecule has 76 valence electrons. The topological polar surface area (TPSA) is 46.5 Å². The van der Waals surface area contributed by atoms with Crippen LogP contribution in [0.1, 0.15) is 28.4 Å². The van der Waals surface area contributed by atoms with Crippen LogP contribution in [-0.2, 0) is 0 Å². The van der Waals surface area contributed by atoms with Crippen molar-refractivity contribution in [1.82, 2.24) is 0 Å². The normalized spacial score (nSPS) is 10.0. The van der Waals surface area contributed by atoms with Gasteiger partial charge in [0, 0.05) is 11.1 Å². The van der Waals surface area contributed by atoms with E-state index in [1.807, 2.05) is 0 Å². The molecule has 0 fully saturated rings. The number of phenols is 1. The first kappa shape index (κ1) is 10.6. The SMILES string of the molecule is COc1c(C)c(C(C)=O)cc(C)c1O. The Morgan fingerprint density at radius 2 is 2.00 bits per heavy atom. The number of hydrogen-bond acceptors (Lipinski definition) is 3. The number of carbonyl (C=O) groups excluding carboxylic acids is 1. The van der Waals surface area contributed by atoms with E-state index in [9.17, 15) is 9.90 Å². The maximum absolute atomic E-state index is 11.3. The maximum atomic E-state index is 11.3. The molecule has 0 atom stereocenters. The van der Waals surface area contributed by atoms with Gasteiger partial charge in [-0.05, 0) is 32.4 Å². The zero-order valence-corrected chi connectivity index (χ0v) is 8.84. The summed E-state index contributed by atoms with van der Waals surface area (Å²) in [7, 11) is 1.48. The van der Waals surface area contributed by atoms with Gasteiger partial charge >= 0.3 is 0 Å². The molecule has 0 amide bonds. The van der Waals surface area contributed by atoms with Gasteiger partial charge in [-0.25, -0.2) is 0 Å². The molecule has 1 N–H and O–H groups in total. The molecule has 0 spiro atoms. The van der Waals surface area contributed by atoms with Gasteiger partial charge in [0.2, 0.25) is 0 Å². The molecule has 1 rings (SSSR count). The van der Waals surface area contributed by atoms with Crippen LogP contribution in [0.5, 0.6) is 11.5 Å². The molecule has 1 aromatic carbocycles. The summed E-state index contributed by atoms with van der Waals surface area (Å²) in [4.78, 5) is 11.3. The van der Waals surface area contributed by atoms with Crippen LogP contribution in [0, 0.1) is 13.8 Å². The van der Waals surface area contributed by atoms with Crippen LogP contribution < -0.4 is 4.74 Å². The lowest BCUT2D eigenvalue weighted by Crippen LogP contribution is -2.00. The van der Waals surface area contributed by atoms with E-state index in [0.29, 0.717) is 22.4 Å². The minimum absolute atomic E-state index is 0.0242. The first-order chi connectivity index (χ1) is 6.49. The summed E-state index contributed by atoms with van der Waals surface area (Å²) >= 11 is 0. The number of benzene rings is 1. The lowest BCUT2D eigenvalue weighted by atomic mass is 10.0. The van der Waals surface area contributed by atoms with Crippen LogP contribution in [0.3, 0.4) is 0 Å². The van der Waals surface area contributed by atoms with Crippen LogP contribution in [0.4, 0.5) is 0 Å². The van der Waals surface area contributed by atoms with Gasteiger partial charge in [-0.3, -0.25) is 4.79 Å². The van der Waals surface area contributed by atoms with E-state index in [1.165, 1.54) is 14.0 Å². The first-order valence-corrected chi connectivity index (χ1v) is 4.37.